The average molecular weight is 252 g/mol. The summed E-state index contributed by atoms with van der Waals surface area (Å²) < 4.78 is 8.37. The summed E-state index contributed by atoms with van der Waals surface area (Å²) in [6, 6.07) is 5.45. The minimum absolute atomic E-state index is 0.0177. The van der Waals surface area contributed by atoms with Gasteiger partial charge in [-0.2, -0.15) is 0 Å². The Hall–Kier alpha value is -1.69. The van der Waals surface area contributed by atoms with Crippen LogP contribution in [0.5, 0.6) is 5.75 Å². The van der Waals surface area contributed by atoms with Crippen LogP contribution in [-0.2, 0) is 9.59 Å². The molecule has 0 unspecified atom stereocenters. The largest absolute Gasteiger partial charge is 0.482 e. The van der Waals surface area contributed by atoms with Crippen molar-refractivity contribution in [3.05, 3.63) is 18.2 Å². The van der Waals surface area contributed by atoms with Crippen LogP contribution in [0.15, 0.2) is 18.2 Å². The van der Waals surface area contributed by atoms with Gasteiger partial charge in [-0.3, -0.25) is 9.69 Å². The van der Waals surface area contributed by atoms with Gasteiger partial charge in [-0.1, -0.05) is 11.9 Å². The van der Waals surface area contributed by atoms with Crippen LogP contribution in [0.1, 0.15) is 0 Å². The lowest BCUT2D eigenvalue weighted by Crippen LogP contribution is -2.39. The van der Waals surface area contributed by atoms with E-state index in [2.05, 4.69) is 4.72 Å². The number of carbonyl (C=O) groups is 2. The molecule has 1 aliphatic rings. The van der Waals surface area contributed by atoms with Crippen LogP contribution in [0.2, 0.25) is 0 Å². The molecule has 6 heteroatoms. The molecule has 0 aliphatic carbocycles. The van der Waals surface area contributed by atoms with Gasteiger partial charge < -0.3 is 14.3 Å². The van der Waals surface area contributed by atoms with E-state index in [1.807, 2.05) is 12.3 Å². The molecule has 90 valence electrons. The molecule has 0 spiro atoms. The molecule has 17 heavy (non-hydrogen) atoms. The maximum Gasteiger partial charge on any atom is 0.265 e. The van der Waals surface area contributed by atoms with Crippen LogP contribution in [-0.4, -0.2) is 31.6 Å². The van der Waals surface area contributed by atoms with E-state index in [1.165, 1.54) is 16.8 Å². The molecule has 1 amide bonds. The van der Waals surface area contributed by atoms with E-state index in [9.17, 15) is 9.59 Å². The highest BCUT2D eigenvalue weighted by Gasteiger charge is 2.25. The Morgan fingerprint density at radius 3 is 3.12 bits per heavy atom. The quantitative estimate of drug-likeness (QED) is 0.646. The minimum Gasteiger partial charge on any atom is -0.482 e. The number of ether oxygens (including phenoxy) is 1. The number of hydrogen-bond acceptors (Lipinski definition) is 5. The van der Waals surface area contributed by atoms with Crippen molar-refractivity contribution in [2.75, 3.05) is 29.0 Å². The van der Waals surface area contributed by atoms with Crippen LogP contribution in [0.25, 0.3) is 0 Å². The van der Waals surface area contributed by atoms with Crippen molar-refractivity contribution < 1.29 is 14.3 Å². The third kappa shape index (κ3) is 2.36. The zero-order chi connectivity index (χ0) is 12.3. The fourth-order valence-electron chi connectivity index (χ4n) is 1.66. The fraction of sp³-hybridized carbons (Fsp3) is 0.273. The van der Waals surface area contributed by atoms with E-state index in [-0.39, 0.29) is 19.1 Å². The normalized spacial score (nSPS) is 13.9. The number of amides is 1. The monoisotopic (exact) mass is 252 g/mol. The summed E-state index contributed by atoms with van der Waals surface area (Å²) in [6.45, 7) is 0.0358. The van der Waals surface area contributed by atoms with Gasteiger partial charge in [0, 0.05) is 11.9 Å². The number of fused-ring (bicyclic) bond motifs is 1. The number of rotatable bonds is 4. The maximum absolute atomic E-state index is 11.6. The van der Waals surface area contributed by atoms with E-state index >= 15 is 0 Å². The van der Waals surface area contributed by atoms with Gasteiger partial charge in [-0.05, 0) is 18.2 Å². The Morgan fingerprint density at radius 1 is 1.59 bits per heavy atom. The molecule has 2 rings (SSSR count). The predicted octanol–water partition coefficient (Wildman–Crippen LogP) is 1.30. The van der Waals surface area contributed by atoms with Crippen LogP contribution >= 0.6 is 11.9 Å². The molecule has 0 aromatic heterocycles. The van der Waals surface area contributed by atoms with Gasteiger partial charge in [-0.25, -0.2) is 0 Å². The van der Waals surface area contributed by atoms with Crippen molar-refractivity contribution in [3.8, 4) is 5.75 Å². The topological polar surface area (TPSA) is 58.6 Å². The Kier molecular flexibility index (Phi) is 3.53. The molecule has 0 saturated heterocycles. The van der Waals surface area contributed by atoms with Gasteiger partial charge in [0.05, 0.1) is 12.2 Å². The Balaban J connectivity index is 2.37. The number of carbonyl (C=O) groups excluding carboxylic acids is 2. The summed E-state index contributed by atoms with van der Waals surface area (Å²) in [5, 5.41) is 0. The Labute approximate surface area is 103 Å². The van der Waals surface area contributed by atoms with E-state index in [1.54, 1.807) is 12.1 Å². The van der Waals surface area contributed by atoms with Gasteiger partial charge in [-0.15, -0.1) is 0 Å². The summed E-state index contributed by atoms with van der Waals surface area (Å²) in [6.07, 6.45) is 2.62. The molecule has 0 fully saturated rings. The molecule has 0 radical (unpaired) electrons. The number of benzene rings is 1. The lowest BCUT2D eigenvalue weighted by molar-refractivity contribution is -0.122. The summed E-state index contributed by atoms with van der Waals surface area (Å²) in [7, 11) is 0. The number of anilines is 2. The Bertz CT molecular complexity index is 450. The molecule has 1 aromatic carbocycles. The van der Waals surface area contributed by atoms with Crippen LogP contribution in [0.4, 0.5) is 11.4 Å². The highest BCUT2D eigenvalue weighted by Crippen LogP contribution is 2.34. The maximum atomic E-state index is 11.6. The molecule has 1 aromatic rings. The summed E-state index contributed by atoms with van der Waals surface area (Å²) in [5.74, 6) is 0.420. The first-order valence-corrected chi connectivity index (χ1v) is 6.28. The van der Waals surface area contributed by atoms with Crippen LogP contribution in [0, 0.1) is 0 Å². The SMILES string of the molecule is CSNc1ccc2c(c1)N(CC=O)C(=O)CO2. The first-order valence-electron chi connectivity index (χ1n) is 5.06. The standard InChI is InChI=1S/C11H12N2O3S/c1-17-12-8-2-3-10-9(6-8)13(4-5-14)11(15)7-16-10/h2-3,5-6,12H,4,7H2,1H3. The Morgan fingerprint density at radius 2 is 2.41 bits per heavy atom. The highest BCUT2D eigenvalue weighted by atomic mass is 32.2. The zero-order valence-corrected chi connectivity index (χ0v) is 10.1. The van der Waals surface area contributed by atoms with Crippen molar-refractivity contribution in [2.24, 2.45) is 0 Å². The third-order valence-electron chi connectivity index (χ3n) is 2.38. The molecule has 1 aliphatic heterocycles. The van der Waals surface area contributed by atoms with Crippen LogP contribution in [0.3, 0.4) is 0 Å². The van der Waals surface area contributed by atoms with Gasteiger partial charge in [0.25, 0.3) is 5.91 Å². The minimum atomic E-state index is -0.203. The van der Waals surface area contributed by atoms with Gasteiger partial charge in [0.2, 0.25) is 0 Å². The fourth-order valence-corrected chi connectivity index (χ4v) is 2.02. The number of hydrogen-bond donors (Lipinski definition) is 1. The smallest absolute Gasteiger partial charge is 0.265 e. The molecular weight excluding hydrogens is 240 g/mol. The molecule has 1 N–H and O–H groups in total. The van der Waals surface area contributed by atoms with Crippen molar-refractivity contribution >= 4 is 35.5 Å². The van der Waals surface area contributed by atoms with Gasteiger partial charge in [0.15, 0.2) is 6.61 Å². The lowest BCUT2D eigenvalue weighted by Gasteiger charge is -2.28. The average Bonchev–Trinajstić information content (AvgIpc) is 2.33. The predicted molar refractivity (Wildman–Crippen MR) is 67.5 cm³/mol. The molecular formula is C11H12N2O3S. The van der Waals surface area contributed by atoms with Crippen molar-refractivity contribution in [2.45, 2.75) is 0 Å². The first-order chi connectivity index (χ1) is 8.26. The highest BCUT2D eigenvalue weighted by molar-refractivity contribution is 7.99. The van der Waals surface area contributed by atoms with Crippen molar-refractivity contribution in [3.63, 3.8) is 0 Å². The second-order valence-corrected chi connectivity index (χ2v) is 4.06. The van der Waals surface area contributed by atoms with E-state index < -0.39 is 0 Å². The summed E-state index contributed by atoms with van der Waals surface area (Å²) in [5.41, 5.74) is 1.50. The zero-order valence-electron chi connectivity index (χ0n) is 9.30. The van der Waals surface area contributed by atoms with E-state index in [0.717, 1.165) is 5.69 Å². The number of nitrogens with zero attached hydrogens (tertiary/aromatic N) is 1. The van der Waals surface area contributed by atoms with Gasteiger partial charge >= 0.3 is 0 Å². The summed E-state index contributed by atoms with van der Waals surface area (Å²) in [4.78, 5) is 23.6. The number of nitrogens with one attached hydrogen (secondary N) is 1. The second-order valence-electron chi connectivity index (χ2n) is 3.45. The van der Waals surface area contributed by atoms with Crippen LogP contribution < -0.4 is 14.4 Å². The molecule has 1 heterocycles. The number of aldehydes is 1. The van der Waals surface area contributed by atoms with E-state index in [0.29, 0.717) is 17.7 Å². The van der Waals surface area contributed by atoms with Crippen molar-refractivity contribution in [1.82, 2.24) is 0 Å². The molecule has 5 nitrogen and oxygen atoms in total. The molecule has 0 bridgehead atoms. The van der Waals surface area contributed by atoms with E-state index in [4.69, 9.17) is 4.74 Å². The lowest BCUT2D eigenvalue weighted by atomic mass is 10.2. The first kappa shape index (κ1) is 11.8. The molecule has 0 atom stereocenters. The second kappa shape index (κ2) is 5.09. The third-order valence-corrected chi connectivity index (χ3v) is 2.82. The summed E-state index contributed by atoms with van der Waals surface area (Å²) >= 11 is 1.46. The van der Waals surface area contributed by atoms with Gasteiger partial charge in [0.1, 0.15) is 12.0 Å². The van der Waals surface area contributed by atoms with Crippen molar-refractivity contribution in [1.29, 1.82) is 0 Å². The molecule has 0 saturated carbocycles.